The first-order valence-corrected chi connectivity index (χ1v) is 6.73. The summed E-state index contributed by atoms with van der Waals surface area (Å²) in [4.78, 5) is 24.9. The minimum atomic E-state index is -0.852. The normalized spacial score (nSPS) is 18.4. The molecule has 20 heavy (non-hydrogen) atoms. The van der Waals surface area contributed by atoms with Crippen molar-refractivity contribution >= 4 is 23.3 Å². The third kappa shape index (κ3) is 2.98. The van der Waals surface area contributed by atoms with Crippen LogP contribution in [-0.4, -0.2) is 29.2 Å². The number of carbonyl (C=O) groups excluding carboxylic acids is 2. The van der Waals surface area contributed by atoms with Gasteiger partial charge in [0.2, 0.25) is 0 Å². The van der Waals surface area contributed by atoms with Crippen molar-refractivity contribution in [3.8, 4) is 0 Å². The van der Waals surface area contributed by atoms with Crippen molar-refractivity contribution < 1.29 is 18.4 Å². The van der Waals surface area contributed by atoms with E-state index >= 15 is 0 Å². The van der Waals surface area contributed by atoms with Crippen LogP contribution in [0.15, 0.2) is 12.1 Å². The lowest BCUT2D eigenvalue weighted by molar-refractivity contribution is -0.117. The van der Waals surface area contributed by atoms with Crippen LogP contribution in [0.3, 0.4) is 0 Å². The zero-order valence-electron chi connectivity index (χ0n) is 11.0. The highest BCUT2D eigenvalue weighted by atomic mass is 35.5. The first-order chi connectivity index (χ1) is 9.40. The predicted molar refractivity (Wildman–Crippen MR) is 70.7 cm³/mol. The Morgan fingerprint density at radius 2 is 2.05 bits per heavy atom. The van der Waals surface area contributed by atoms with Gasteiger partial charge in [0.1, 0.15) is 17.4 Å². The van der Waals surface area contributed by atoms with Crippen molar-refractivity contribution in [3.05, 3.63) is 34.4 Å². The highest BCUT2D eigenvalue weighted by molar-refractivity contribution is 6.30. The fraction of sp³-hybridized carbons (Fsp3) is 0.429. The average molecular weight is 302 g/mol. The third-order valence-electron chi connectivity index (χ3n) is 3.40. The van der Waals surface area contributed by atoms with E-state index in [0.29, 0.717) is 13.0 Å². The minimum Gasteiger partial charge on any atom is -0.335 e. The summed E-state index contributed by atoms with van der Waals surface area (Å²) in [5.41, 5.74) is -0.345. The number of amides is 1. The molecule has 1 aliphatic heterocycles. The summed E-state index contributed by atoms with van der Waals surface area (Å²) in [7, 11) is 0. The van der Waals surface area contributed by atoms with Gasteiger partial charge in [0.15, 0.2) is 0 Å². The predicted octanol–water partition coefficient (Wildman–Crippen LogP) is 3.20. The summed E-state index contributed by atoms with van der Waals surface area (Å²) < 4.78 is 27.1. The molecule has 1 atom stereocenters. The standard InChI is InChI=1S/C14H14ClF2NO2/c1-8(19)5-9-3-2-4-18(9)14(20)10-6-13(17)11(15)7-12(10)16/h6-7,9H,2-5H2,1H3. The topological polar surface area (TPSA) is 37.4 Å². The molecular weight excluding hydrogens is 288 g/mol. The summed E-state index contributed by atoms with van der Waals surface area (Å²) in [5, 5.41) is -0.360. The summed E-state index contributed by atoms with van der Waals surface area (Å²) in [5.74, 6) is -2.31. The van der Waals surface area contributed by atoms with Crippen molar-refractivity contribution in [2.24, 2.45) is 0 Å². The Hall–Kier alpha value is -1.49. The van der Waals surface area contributed by atoms with Gasteiger partial charge >= 0.3 is 0 Å². The Morgan fingerprint density at radius 3 is 2.70 bits per heavy atom. The van der Waals surface area contributed by atoms with Crippen LogP contribution in [0.1, 0.15) is 36.5 Å². The Morgan fingerprint density at radius 1 is 1.35 bits per heavy atom. The van der Waals surface area contributed by atoms with E-state index in [2.05, 4.69) is 0 Å². The molecule has 1 heterocycles. The molecule has 2 rings (SSSR count). The van der Waals surface area contributed by atoms with E-state index in [4.69, 9.17) is 11.6 Å². The van der Waals surface area contributed by atoms with Crippen molar-refractivity contribution in [3.63, 3.8) is 0 Å². The summed E-state index contributed by atoms with van der Waals surface area (Å²) in [6.45, 7) is 1.89. The first kappa shape index (κ1) is 14.9. The van der Waals surface area contributed by atoms with Crippen LogP contribution in [0.2, 0.25) is 5.02 Å². The molecule has 1 fully saturated rings. The summed E-state index contributed by atoms with van der Waals surface area (Å²) in [6.07, 6.45) is 1.69. The third-order valence-corrected chi connectivity index (χ3v) is 3.69. The lowest BCUT2D eigenvalue weighted by Gasteiger charge is -2.24. The van der Waals surface area contributed by atoms with E-state index in [0.717, 1.165) is 18.6 Å². The van der Waals surface area contributed by atoms with E-state index < -0.39 is 17.5 Å². The van der Waals surface area contributed by atoms with Gasteiger partial charge in [-0.25, -0.2) is 8.78 Å². The zero-order chi connectivity index (χ0) is 14.9. The Kier molecular flexibility index (Phi) is 4.38. The SMILES string of the molecule is CC(=O)CC1CCCN1C(=O)c1cc(F)c(Cl)cc1F. The lowest BCUT2D eigenvalue weighted by atomic mass is 10.1. The van der Waals surface area contributed by atoms with Gasteiger partial charge in [0, 0.05) is 19.0 Å². The Labute approximate surface area is 120 Å². The monoisotopic (exact) mass is 301 g/mol. The molecule has 0 radical (unpaired) electrons. The molecule has 1 saturated heterocycles. The lowest BCUT2D eigenvalue weighted by Crippen LogP contribution is -2.37. The van der Waals surface area contributed by atoms with Gasteiger partial charge in [-0.15, -0.1) is 0 Å². The van der Waals surface area contributed by atoms with Gasteiger partial charge in [-0.2, -0.15) is 0 Å². The van der Waals surface area contributed by atoms with Crippen molar-refractivity contribution in [1.82, 2.24) is 4.90 Å². The second-order valence-electron chi connectivity index (χ2n) is 4.95. The molecule has 0 aromatic heterocycles. The maximum atomic E-state index is 13.8. The second kappa shape index (κ2) is 5.87. The molecule has 1 aromatic carbocycles. The molecule has 1 unspecified atom stereocenters. The number of rotatable bonds is 3. The van der Waals surface area contributed by atoms with Crippen LogP contribution in [0.5, 0.6) is 0 Å². The number of hydrogen-bond donors (Lipinski definition) is 0. The van der Waals surface area contributed by atoms with Crippen molar-refractivity contribution in [2.45, 2.75) is 32.2 Å². The van der Waals surface area contributed by atoms with Gasteiger partial charge in [0.05, 0.1) is 10.6 Å². The molecule has 0 spiro atoms. The zero-order valence-corrected chi connectivity index (χ0v) is 11.7. The molecule has 6 heteroatoms. The number of nitrogens with zero attached hydrogens (tertiary/aromatic N) is 1. The molecule has 0 N–H and O–H groups in total. The molecule has 0 saturated carbocycles. The van der Waals surface area contributed by atoms with Crippen LogP contribution in [0.4, 0.5) is 8.78 Å². The van der Waals surface area contributed by atoms with E-state index in [9.17, 15) is 18.4 Å². The smallest absolute Gasteiger partial charge is 0.257 e. The first-order valence-electron chi connectivity index (χ1n) is 6.35. The van der Waals surface area contributed by atoms with E-state index in [-0.39, 0.29) is 28.8 Å². The molecule has 1 aliphatic rings. The Balaban J connectivity index is 2.26. The highest BCUT2D eigenvalue weighted by Gasteiger charge is 2.31. The van der Waals surface area contributed by atoms with Gasteiger partial charge in [-0.1, -0.05) is 11.6 Å². The van der Waals surface area contributed by atoms with E-state index in [1.54, 1.807) is 0 Å². The molecule has 0 bridgehead atoms. The molecule has 1 aromatic rings. The van der Waals surface area contributed by atoms with Crippen LogP contribution in [-0.2, 0) is 4.79 Å². The largest absolute Gasteiger partial charge is 0.335 e. The number of Topliss-reactive ketones (excluding diaryl/α,β-unsaturated/α-hetero) is 1. The van der Waals surface area contributed by atoms with Crippen LogP contribution >= 0.6 is 11.6 Å². The van der Waals surface area contributed by atoms with Crippen LogP contribution in [0.25, 0.3) is 0 Å². The number of halogens is 3. The number of carbonyl (C=O) groups is 2. The number of benzene rings is 1. The molecule has 3 nitrogen and oxygen atoms in total. The van der Waals surface area contributed by atoms with E-state index in [1.165, 1.54) is 11.8 Å². The quantitative estimate of drug-likeness (QED) is 0.804. The van der Waals surface area contributed by atoms with E-state index in [1.807, 2.05) is 0 Å². The van der Waals surface area contributed by atoms with Crippen LogP contribution in [0, 0.1) is 11.6 Å². The molecule has 0 aliphatic carbocycles. The molecular formula is C14H14ClF2NO2. The number of hydrogen-bond acceptors (Lipinski definition) is 2. The van der Waals surface area contributed by atoms with Gasteiger partial charge < -0.3 is 4.90 Å². The molecule has 1 amide bonds. The van der Waals surface area contributed by atoms with Crippen LogP contribution < -0.4 is 0 Å². The Bertz CT molecular complexity index is 562. The average Bonchev–Trinajstić information content (AvgIpc) is 2.80. The number of ketones is 1. The number of likely N-dealkylation sites (tertiary alicyclic amines) is 1. The van der Waals surface area contributed by atoms with Gasteiger partial charge in [-0.3, -0.25) is 9.59 Å². The maximum absolute atomic E-state index is 13.8. The van der Waals surface area contributed by atoms with Gasteiger partial charge in [-0.05, 0) is 31.9 Å². The highest BCUT2D eigenvalue weighted by Crippen LogP contribution is 2.26. The summed E-state index contributed by atoms with van der Waals surface area (Å²) >= 11 is 5.46. The fourth-order valence-corrected chi connectivity index (χ4v) is 2.64. The summed E-state index contributed by atoms with van der Waals surface area (Å²) in [6, 6.07) is 1.36. The second-order valence-corrected chi connectivity index (χ2v) is 5.35. The maximum Gasteiger partial charge on any atom is 0.257 e. The minimum absolute atomic E-state index is 0.0301. The van der Waals surface area contributed by atoms with Crippen molar-refractivity contribution in [1.29, 1.82) is 0 Å². The van der Waals surface area contributed by atoms with Crippen molar-refractivity contribution in [2.75, 3.05) is 6.54 Å². The fourth-order valence-electron chi connectivity index (χ4n) is 2.49. The molecule has 108 valence electrons. The van der Waals surface area contributed by atoms with Gasteiger partial charge in [0.25, 0.3) is 5.91 Å².